The fraction of sp³-hybridized carbons (Fsp3) is 0.381. The van der Waals surface area contributed by atoms with Crippen LogP contribution in [0.1, 0.15) is 30.1 Å². The maximum Gasteiger partial charge on any atom is 0.251 e. The first kappa shape index (κ1) is 17.5. The molecule has 0 aliphatic carbocycles. The topological polar surface area (TPSA) is 41.6 Å². The van der Waals surface area contributed by atoms with Crippen LogP contribution in [0.15, 0.2) is 48.5 Å². The first-order valence-corrected chi connectivity index (χ1v) is 8.95. The second-order valence-electron chi connectivity index (χ2n) is 6.58. The molecule has 0 saturated carbocycles. The average molecular weight is 338 g/mol. The summed E-state index contributed by atoms with van der Waals surface area (Å²) in [6, 6.07) is 16.0. The van der Waals surface area contributed by atoms with Crippen molar-refractivity contribution in [3.05, 3.63) is 54.1 Å². The summed E-state index contributed by atoms with van der Waals surface area (Å²) >= 11 is 0. The Kier molecular flexibility index (Phi) is 5.71. The van der Waals surface area contributed by atoms with E-state index >= 15 is 0 Å². The first-order valence-electron chi connectivity index (χ1n) is 8.95. The minimum atomic E-state index is -0.0362. The number of benzene rings is 2. The Labute approximate surface area is 149 Å². The van der Waals surface area contributed by atoms with Gasteiger partial charge in [0.1, 0.15) is 5.75 Å². The second-order valence-corrected chi connectivity index (χ2v) is 6.58. The molecule has 1 aliphatic heterocycles. The molecule has 2 aromatic carbocycles. The van der Waals surface area contributed by atoms with Crippen molar-refractivity contribution in [3.63, 3.8) is 0 Å². The van der Waals surface area contributed by atoms with E-state index in [0.29, 0.717) is 18.2 Å². The van der Waals surface area contributed by atoms with Crippen LogP contribution >= 0.6 is 0 Å². The van der Waals surface area contributed by atoms with Gasteiger partial charge < -0.3 is 10.1 Å². The Balaban J connectivity index is 1.72. The molecule has 1 saturated heterocycles. The molecule has 0 spiro atoms. The molecule has 0 radical (unpaired) electrons. The van der Waals surface area contributed by atoms with Crippen molar-refractivity contribution in [1.82, 2.24) is 10.2 Å². The van der Waals surface area contributed by atoms with E-state index in [1.807, 2.05) is 48.5 Å². The lowest BCUT2D eigenvalue weighted by Gasteiger charge is -2.23. The third kappa shape index (κ3) is 4.20. The van der Waals surface area contributed by atoms with Crippen LogP contribution in [-0.2, 0) is 0 Å². The summed E-state index contributed by atoms with van der Waals surface area (Å²) in [6.07, 6.45) is 2.52. The minimum absolute atomic E-state index is 0.0362. The molecule has 132 valence electrons. The Morgan fingerprint density at radius 2 is 1.88 bits per heavy atom. The lowest BCUT2D eigenvalue weighted by atomic mass is 10.0. The summed E-state index contributed by atoms with van der Waals surface area (Å²) in [4.78, 5) is 15.0. The number of carbonyl (C=O) groups is 1. The van der Waals surface area contributed by atoms with Crippen molar-refractivity contribution < 1.29 is 9.53 Å². The smallest absolute Gasteiger partial charge is 0.251 e. The number of methoxy groups -OCH3 is 1. The molecule has 1 amide bonds. The Bertz CT molecular complexity index is 709. The van der Waals surface area contributed by atoms with Gasteiger partial charge in [-0.25, -0.2) is 0 Å². The maximum atomic E-state index is 12.6. The summed E-state index contributed by atoms with van der Waals surface area (Å²) < 4.78 is 5.46. The quantitative estimate of drug-likeness (QED) is 0.875. The van der Waals surface area contributed by atoms with E-state index in [9.17, 15) is 4.79 Å². The van der Waals surface area contributed by atoms with Gasteiger partial charge in [0.15, 0.2) is 0 Å². The number of amides is 1. The fourth-order valence-corrected chi connectivity index (χ4v) is 3.35. The van der Waals surface area contributed by atoms with Crippen LogP contribution in [0.2, 0.25) is 0 Å². The van der Waals surface area contributed by atoms with Gasteiger partial charge in [-0.2, -0.15) is 0 Å². The van der Waals surface area contributed by atoms with Crippen LogP contribution in [0.5, 0.6) is 5.75 Å². The minimum Gasteiger partial charge on any atom is -0.496 e. The number of carbonyl (C=O) groups excluding carboxylic acids is 1. The highest BCUT2D eigenvalue weighted by molar-refractivity contribution is 5.96. The van der Waals surface area contributed by atoms with E-state index < -0.39 is 0 Å². The van der Waals surface area contributed by atoms with E-state index in [2.05, 4.69) is 17.1 Å². The first-order chi connectivity index (χ1) is 12.2. The summed E-state index contributed by atoms with van der Waals surface area (Å²) in [5, 5.41) is 3.07. The van der Waals surface area contributed by atoms with Crippen molar-refractivity contribution in [1.29, 1.82) is 0 Å². The lowest BCUT2D eigenvalue weighted by molar-refractivity contribution is 0.0940. The molecular formula is C21H26N2O2. The van der Waals surface area contributed by atoms with Crippen LogP contribution in [-0.4, -0.2) is 43.6 Å². The third-order valence-electron chi connectivity index (χ3n) is 4.87. The van der Waals surface area contributed by atoms with E-state index in [1.54, 1.807) is 7.11 Å². The number of rotatable bonds is 6. The second kappa shape index (κ2) is 8.17. The van der Waals surface area contributed by atoms with Gasteiger partial charge in [0.05, 0.1) is 7.11 Å². The van der Waals surface area contributed by atoms with Gasteiger partial charge in [-0.1, -0.05) is 30.3 Å². The lowest BCUT2D eigenvalue weighted by Crippen LogP contribution is -2.40. The number of nitrogens with zero attached hydrogens (tertiary/aromatic N) is 1. The highest BCUT2D eigenvalue weighted by Gasteiger charge is 2.19. The summed E-state index contributed by atoms with van der Waals surface area (Å²) in [6.45, 7) is 5.12. The molecule has 2 aromatic rings. The summed E-state index contributed by atoms with van der Waals surface area (Å²) in [5.74, 6) is 0.735. The van der Waals surface area contributed by atoms with Crippen molar-refractivity contribution in [3.8, 4) is 16.9 Å². The molecule has 4 heteroatoms. The predicted molar refractivity (Wildman–Crippen MR) is 101 cm³/mol. The van der Waals surface area contributed by atoms with E-state index in [-0.39, 0.29) is 5.91 Å². The number of hydrogen-bond acceptors (Lipinski definition) is 3. The van der Waals surface area contributed by atoms with Gasteiger partial charge in [-0.3, -0.25) is 9.69 Å². The molecule has 1 fully saturated rings. The van der Waals surface area contributed by atoms with E-state index in [1.165, 1.54) is 12.8 Å². The highest BCUT2D eigenvalue weighted by Crippen LogP contribution is 2.30. The van der Waals surface area contributed by atoms with Gasteiger partial charge in [-0.15, -0.1) is 0 Å². The predicted octanol–water partition coefficient (Wildman–Crippen LogP) is 3.58. The molecule has 4 nitrogen and oxygen atoms in total. The maximum absolute atomic E-state index is 12.6. The van der Waals surface area contributed by atoms with Gasteiger partial charge in [-0.05, 0) is 56.6 Å². The molecular weight excluding hydrogens is 312 g/mol. The zero-order valence-corrected chi connectivity index (χ0v) is 15.0. The van der Waals surface area contributed by atoms with Crippen LogP contribution in [0.4, 0.5) is 0 Å². The highest BCUT2D eigenvalue weighted by atomic mass is 16.5. The van der Waals surface area contributed by atoms with Gasteiger partial charge >= 0.3 is 0 Å². The zero-order chi connectivity index (χ0) is 17.6. The van der Waals surface area contributed by atoms with Crippen molar-refractivity contribution >= 4 is 5.91 Å². The molecule has 0 bridgehead atoms. The monoisotopic (exact) mass is 338 g/mol. The number of hydrogen-bond donors (Lipinski definition) is 1. The summed E-state index contributed by atoms with van der Waals surface area (Å²) in [7, 11) is 1.65. The Morgan fingerprint density at radius 3 is 2.56 bits per heavy atom. The van der Waals surface area contributed by atoms with Gasteiger partial charge in [0, 0.05) is 23.7 Å². The molecule has 1 atom stereocenters. The molecule has 1 unspecified atom stereocenters. The number of ether oxygens (including phenoxy) is 1. The van der Waals surface area contributed by atoms with Crippen LogP contribution in [0, 0.1) is 0 Å². The average Bonchev–Trinajstić information content (AvgIpc) is 3.21. The fourth-order valence-electron chi connectivity index (χ4n) is 3.35. The summed E-state index contributed by atoms with van der Waals surface area (Å²) in [5.41, 5.74) is 2.64. The van der Waals surface area contributed by atoms with Gasteiger partial charge in [0.25, 0.3) is 5.91 Å². The molecule has 1 heterocycles. The van der Waals surface area contributed by atoms with E-state index in [4.69, 9.17) is 4.74 Å². The van der Waals surface area contributed by atoms with Crippen LogP contribution in [0.3, 0.4) is 0 Å². The van der Waals surface area contributed by atoms with Crippen LogP contribution in [0.25, 0.3) is 11.1 Å². The van der Waals surface area contributed by atoms with Crippen molar-refractivity contribution in [2.75, 3.05) is 26.7 Å². The molecule has 0 aromatic heterocycles. The van der Waals surface area contributed by atoms with Crippen LogP contribution < -0.4 is 10.1 Å². The Hall–Kier alpha value is -2.33. The molecule has 3 rings (SSSR count). The molecule has 1 N–H and O–H groups in total. The largest absolute Gasteiger partial charge is 0.496 e. The standard InChI is InChI=1S/C21H26N2O2/c1-16(23-12-6-7-13-23)15-22-21(24)18-10-11-20(25-2)19(14-18)17-8-4-3-5-9-17/h3-5,8-11,14,16H,6-7,12-13,15H2,1-2H3,(H,22,24). The third-order valence-corrected chi connectivity index (χ3v) is 4.87. The van der Waals surface area contributed by atoms with E-state index in [0.717, 1.165) is 30.0 Å². The Morgan fingerprint density at radius 1 is 1.16 bits per heavy atom. The van der Waals surface area contributed by atoms with Crippen molar-refractivity contribution in [2.24, 2.45) is 0 Å². The molecule has 25 heavy (non-hydrogen) atoms. The number of nitrogens with one attached hydrogen (secondary N) is 1. The van der Waals surface area contributed by atoms with Gasteiger partial charge in [0.2, 0.25) is 0 Å². The number of likely N-dealkylation sites (tertiary alicyclic amines) is 1. The molecule has 1 aliphatic rings. The zero-order valence-electron chi connectivity index (χ0n) is 15.0. The SMILES string of the molecule is COc1ccc(C(=O)NCC(C)N2CCCC2)cc1-c1ccccc1. The normalized spacial score (nSPS) is 15.8. The van der Waals surface area contributed by atoms with Crippen molar-refractivity contribution in [2.45, 2.75) is 25.8 Å².